The number of aromatic nitrogens is 1. The number of phenols is 2. The number of aliphatic carboxylic acids is 2. The molecule has 14 atom stereocenters. The summed E-state index contributed by atoms with van der Waals surface area (Å²) in [6.07, 6.45) is -5.00. The van der Waals surface area contributed by atoms with Crippen LogP contribution in [0.1, 0.15) is 126 Å². The van der Waals surface area contributed by atoms with E-state index in [0.717, 1.165) is 38.6 Å². The van der Waals surface area contributed by atoms with Gasteiger partial charge < -0.3 is 109 Å². The van der Waals surface area contributed by atoms with E-state index in [1.165, 1.54) is 82.7 Å². The average Bonchev–Trinajstić information content (AvgIpc) is 1.60. The molecule has 7 aromatic rings. The molecule has 15 amide bonds. The summed E-state index contributed by atoms with van der Waals surface area (Å²) in [7, 11) is 4.72. The van der Waals surface area contributed by atoms with Crippen molar-refractivity contribution < 1.29 is 120 Å². The minimum absolute atomic E-state index is 0.140. The Hall–Kier alpha value is -14.5. The van der Waals surface area contributed by atoms with Crippen LogP contribution in [0, 0.1) is 29.3 Å². The highest BCUT2D eigenvalue weighted by molar-refractivity contribution is 8.00. The van der Waals surface area contributed by atoms with Gasteiger partial charge in [0.2, 0.25) is 88.6 Å². The van der Waals surface area contributed by atoms with E-state index in [-0.39, 0.29) is 49.2 Å². The maximum Gasteiger partial charge on any atom is 0.305 e. The van der Waals surface area contributed by atoms with Crippen LogP contribution in [0.3, 0.4) is 0 Å². The minimum atomic E-state index is -2.08. The van der Waals surface area contributed by atoms with Crippen molar-refractivity contribution in [3.8, 4) is 11.5 Å². The Labute approximate surface area is 816 Å². The summed E-state index contributed by atoms with van der Waals surface area (Å²) in [6.45, 7) is 6.80. The number of aromatic amines is 1. The lowest BCUT2D eigenvalue weighted by atomic mass is 9.98. The van der Waals surface area contributed by atoms with Crippen molar-refractivity contribution in [2.24, 2.45) is 17.6 Å². The first-order valence-corrected chi connectivity index (χ1v) is 47.4. The number of likely N-dealkylation sites (N-methyl/N-ethyl adjacent to an activating group) is 4. The maximum absolute atomic E-state index is 15.8. The van der Waals surface area contributed by atoms with Crippen molar-refractivity contribution in [1.29, 1.82) is 0 Å². The fourth-order valence-electron chi connectivity index (χ4n) is 16.9. The Kier molecular flexibility index (Phi) is 40.6. The third-order valence-corrected chi connectivity index (χ3v) is 25.6. The number of carbonyl (C=O) groups excluding carboxylic acids is 15. The molecule has 0 saturated carbocycles. The number of amides is 15. The normalized spacial score (nSPS) is 23.0. The molecule has 42 heteroatoms. The van der Waals surface area contributed by atoms with E-state index in [4.69, 9.17) is 5.73 Å². The van der Waals surface area contributed by atoms with Gasteiger partial charge in [0.15, 0.2) is 17.5 Å². The van der Waals surface area contributed by atoms with Crippen molar-refractivity contribution in [1.82, 2.24) is 77.3 Å². The molecule has 2 aliphatic heterocycles. The number of nitrogens with zero attached hydrogens (tertiary/aromatic N) is 5. The summed E-state index contributed by atoms with van der Waals surface area (Å²) in [5.74, 6) is -27.7. The molecule has 6 aromatic carbocycles. The van der Waals surface area contributed by atoms with Crippen LogP contribution in [0.5, 0.6) is 11.5 Å². The van der Waals surface area contributed by atoms with E-state index in [9.17, 15) is 58.7 Å². The van der Waals surface area contributed by atoms with Gasteiger partial charge in [-0.25, -0.2) is 13.2 Å². The molecule has 3 heterocycles. The topological polar surface area (TPSA) is 558 Å². The third-order valence-electron chi connectivity index (χ3n) is 24.6. The first kappa shape index (κ1) is 110. The number of unbranched alkanes of at least 4 members (excludes halogenated alkanes) is 2. The number of para-hydroxylation sites is 1. The molecule has 758 valence electrons. The van der Waals surface area contributed by atoms with Crippen molar-refractivity contribution >= 4 is 123 Å². The number of fused-ring (bicyclic) bond motifs is 2. The predicted molar refractivity (Wildman–Crippen MR) is 511 cm³/mol. The summed E-state index contributed by atoms with van der Waals surface area (Å²) in [5, 5.41) is 76.9. The molecule has 2 fully saturated rings. The monoisotopic (exact) mass is 1980 g/mol. The molecule has 0 radical (unpaired) electrons. The highest BCUT2D eigenvalue weighted by Gasteiger charge is 2.47. The smallest absolute Gasteiger partial charge is 0.305 e. The lowest BCUT2D eigenvalue weighted by molar-refractivity contribution is -0.152. The number of carboxylic acid groups (broad SMARTS) is 2. The van der Waals surface area contributed by atoms with Gasteiger partial charge in [0.05, 0.1) is 24.8 Å². The van der Waals surface area contributed by atoms with E-state index >= 15 is 61.5 Å². The second-order valence-corrected chi connectivity index (χ2v) is 37.1. The molecule has 38 nitrogen and oxygen atoms in total. The summed E-state index contributed by atoms with van der Waals surface area (Å²) in [5.41, 5.74) is 7.43. The lowest BCUT2D eigenvalue weighted by Crippen LogP contribution is -2.62. The number of H-pyrrole nitrogens is 1. The van der Waals surface area contributed by atoms with Gasteiger partial charge in [-0.2, -0.15) is 0 Å². The quantitative estimate of drug-likeness (QED) is 0.0260. The summed E-state index contributed by atoms with van der Waals surface area (Å²) >= 11 is 0.637. The number of thioether (sulfide) groups is 1. The summed E-state index contributed by atoms with van der Waals surface area (Å²) in [4.78, 5) is 261. The number of carbonyl (C=O) groups is 17. The van der Waals surface area contributed by atoms with Crippen LogP contribution < -0.4 is 53.6 Å². The maximum atomic E-state index is 15.8. The average molecular weight is 1980 g/mol. The van der Waals surface area contributed by atoms with Crippen LogP contribution in [-0.2, 0) is 120 Å². The van der Waals surface area contributed by atoms with E-state index in [1.54, 1.807) is 98.8 Å². The molecular formula is C99H123F3N16O22S. The molecule has 141 heavy (non-hydrogen) atoms. The largest absolute Gasteiger partial charge is 0.508 e. The van der Waals surface area contributed by atoms with E-state index < -0.39 is 296 Å². The Morgan fingerprint density at radius 1 is 0.489 bits per heavy atom. The van der Waals surface area contributed by atoms with Crippen LogP contribution in [0.15, 0.2) is 152 Å². The fraction of sp³-hybridized carbons (Fsp3) is 0.444. The zero-order valence-electron chi connectivity index (χ0n) is 79.6. The number of aliphatic hydroxyl groups is 1. The van der Waals surface area contributed by atoms with Gasteiger partial charge in [-0.1, -0.05) is 157 Å². The number of nitrogens with two attached hydrogens (primary N) is 1. The number of benzene rings is 6. The highest BCUT2D eigenvalue weighted by Crippen LogP contribution is 2.29. The molecule has 9 rings (SSSR count). The SMILES string of the molecule is CCCCC[C@H]1C(=O)N2C[C@H](O)C[C@@H]2C(=O)N[C@@H](CC(=O)O)C(=O)N[C@@H](C(C)C)C(=O)N(C)[C@@H](Cc2ccccc2)C(=O)N[C@@H](Cc2ccc(O)cc2)C(=O)N(C)[C@@H](CCC(=O)O)C(=O)N[C@@H](Cc2c[nH]c3ccccc23)C(=O)N[C@@H](Cc2ccc(O)cc2)C(=O)N[C@@H](CC(C)C)C(=O)N[C@H](C(=O)NCC(N)=O)CSCC(=O)N[C@@H](Cc2cc(F)c(F)c(F)c2)C(=O)N(C)[C@@H](Cc2ccccc2)C(=O)N1C. The molecule has 2 saturated heterocycles. The molecule has 0 aliphatic carbocycles. The van der Waals surface area contributed by atoms with Gasteiger partial charge >= 0.3 is 11.9 Å². The Morgan fingerprint density at radius 2 is 0.972 bits per heavy atom. The first-order valence-electron chi connectivity index (χ1n) is 46.3. The Bertz CT molecular complexity index is 5610. The number of phenolic OH excluding ortho intramolecular Hbond substituents is 2. The fourth-order valence-corrected chi connectivity index (χ4v) is 17.7. The highest BCUT2D eigenvalue weighted by atomic mass is 32.2. The van der Waals surface area contributed by atoms with Crippen LogP contribution >= 0.6 is 11.8 Å². The zero-order chi connectivity index (χ0) is 103. The van der Waals surface area contributed by atoms with Crippen LogP contribution in [0.4, 0.5) is 13.2 Å². The van der Waals surface area contributed by atoms with Gasteiger partial charge in [-0.15, -0.1) is 11.8 Å². The number of aliphatic hydroxyl groups excluding tert-OH is 1. The second kappa shape index (κ2) is 52.0. The molecule has 0 bridgehead atoms. The molecule has 0 unspecified atom stereocenters. The lowest BCUT2D eigenvalue weighted by Gasteiger charge is -2.38. The number of aromatic hydroxyl groups is 2. The van der Waals surface area contributed by atoms with E-state index in [1.807, 2.05) is 6.92 Å². The first-order chi connectivity index (χ1) is 66.9. The standard InChI is InChI=1S/C99H123F3N16O22S/c1-10-11-14-27-77-98(139)118-51-64(121)47-79(118)94(135)110-72(48-84(126)127)91(132)113-86(55(4)5)99(140)116(8)78(44-56-21-15-12-16-22-56)93(134)111-74(42-59-30-34-63(120)35-31-59)96(137)114(6)76(36-37-83(124)125)92(133)109-71(46-61-49-104-68-26-20-19-25-65(61)68)90(131)108-70(41-58-28-32-62(119)33-29-58)89(130)107-69(38-54(2)3)88(129)112-75(87(128)105-50-81(103)122)52-141-53-82(123)106-73(43-60-39-66(100)85(102)67(101)40-60)95(136)117(9)80(97(138)115(77)7)45-57-23-17-13-18-24-57/h12-13,15-26,28-35,39-40,49,54-55,64,69-80,86,104,119-121H,10-11,14,27,36-38,41-48,50-53H2,1-9H3,(H2,103,122)(H,105,128)(H,106,123)(H,107,130)(H,108,131)(H,109,133)(H,110,135)(H,111,134)(H,112,129)(H,113,132)(H,124,125)(H,126,127)/t64-,69+,70+,71+,72+,73+,74+,75+,76+,77+,78+,79-,80+,86+/m1/s1. The summed E-state index contributed by atoms with van der Waals surface area (Å²) < 4.78 is 45.3. The number of hydrogen-bond donors (Lipinski definition) is 16. The van der Waals surface area contributed by atoms with Crippen LogP contribution in [0.25, 0.3) is 10.9 Å². The second-order valence-electron chi connectivity index (χ2n) is 36.1. The molecule has 17 N–H and O–H groups in total. The van der Waals surface area contributed by atoms with E-state index in [0.29, 0.717) is 69.9 Å². The number of nitrogens with one attached hydrogen (secondary N) is 10. The number of carboxylic acids is 2. The zero-order valence-corrected chi connectivity index (χ0v) is 80.5. The van der Waals surface area contributed by atoms with E-state index in [2.05, 4.69) is 52.8 Å². The van der Waals surface area contributed by atoms with Gasteiger partial charge in [0.25, 0.3) is 0 Å². The summed E-state index contributed by atoms with van der Waals surface area (Å²) in [6, 6.07) is 12.1. The van der Waals surface area contributed by atoms with Crippen molar-refractivity contribution in [3.63, 3.8) is 0 Å². The van der Waals surface area contributed by atoms with Crippen molar-refractivity contribution in [3.05, 3.63) is 203 Å². The number of primary amides is 1. The third kappa shape index (κ3) is 31.5. The number of rotatable bonds is 27. The Balaban J connectivity index is 1.17. The van der Waals surface area contributed by atoms with Gasteiger partial charge in [-0.3, -0.25) is 81.5 Å². The molecule has 2 aliphatic rings. The predicted octanol–water partition coefficient (Wildman–Crippen LogP) is 2.87. The van der Waals surface area contributed by atoms with Crippen molar-refractivity contribution in [2.75, 3.05) is 52.8 Å². The molecule has 1 aromatic heterocycles. The number of halogens is 3. The van der Waals surface area contributed by atoms with Crippen LogP contribution in [0.2, 0.25) is 0 Å². The minimum Gasteiger partial charge on any atom is -0.508 e. The van der Waals surface area contributed by atoms with Gasteiger partial charge in [0.1, 0.15) is 90.0 Å². The van der Waals surface area contributed by atoms with Crippen LogP contribution in [-0.4, -0.2) is 293 Å². The number of hydrogen-bond acceptors (Lipinski definition) is 21. The Morgan fingerprint density at radius 3 is 1.54 bits per heavy atom. The van der Waals surface area contributed by atoms with Gasteiger partial charge in [0, 0.05) is 109 Å². The molecular weight excluding hydrogens is 1850 g/mol. The van der Waals surface area contributed by atoms with Gasteiger partial charge in [-0.05, 0) is 107 Å². The van der Waals surface area contributed by atoms with Crippen molar-refractivity contribution in [2.45, 2.75) is 216 Å². The molecule has 0 spiro atoms.